The van der Waals surface area contributed by atoms with Crippen LogP contribution in [-0.2, 0) is 6.54 Å². The first-order chi connectivity index (χ1) is 16.0. The van der Waals surface area contributed by atoms with Gasteiger partial charge in [-0.2, -0.15) is 19.6 Å². The molecule has 1 fully saturated rings. The van der Waals surface area contributed by atoms with Crippen molar-refractivity contribution in [1.29, 1.82) is 0 Å². The van der Waals surface area contributed by atoms with Crippen LogP contribution in [0.1, 0.15) is 24.1 Å². The second-order valence-electron chi connectivity index (χ2n) is 7.56. The summed E-state index contributed by atoms with van der Waals surface area (Å²) < 4.78 is 12.3. The number of anilines is 1. The van der Waals surface area contributed by atoms with Crippen LogP contribution in [0, 0.1) is 0 Å². The largest absolute Gasteiger partial charge is 0.497 e. The molecule has 5 rings (SSSR count). The summed E-state index contributed by atoms with van der Waals surface area (Å²) in [5.74, 6) is 1.48. The minimum absolute atomic E-state index is 0.222. The van der Waals surface area contributed by atoms with Gasteiger partial charge in [-0.1, -0.05) is 0 Å². The molecule has 1 aliphatic carbocycles. The molecule has 12 nitrogen and oxygen atoms in total. The van der Waals surface area contributed by atoms with Crippen molar-refractivity contribution in [3.8, 4) is 17.4 Å². The van der Waals surface area contributed by atoms with Crippen LogP contribution in [0.5, 0.6) is 17.4 Å². The molecule has 3 aromatic heterocycles. The van der Waals surface area contributed by atoms with Gasteiger partial charge in [0.15, 0.2) is 5.65 Å². The summed E-state index contributed by atoms with van der Waals surface area (Å²) in [6.07, 6.45) is 5.18. The molecule has 33 heavy (non-hydrogen) atoms. The summed E-state index contributed by atoms with van der Waals surface area (Å²) in [4.78, 5) is 30.1. The molecule has 0 atom stereocenters. The van der Waals surface area contributed by atoms with Gasteiger partial charge in [0.05, 0.1) is 26.5 Å². The molecule has 3 heterocycles. The molecule has 4 N–H and O–H groups in total. The lowest BCUT2D eigenvalue weighted by Gasteiger charge is -2.11. The zero-order valence-corrected chi connectivity index (χ0v) is 18.0. The molecule has 0 bridgehead atoms. The van der Waals surface area contributed by atoms with Crippen LogP contribution < -0.4 is 31.3 Å². The molecule has 4 aromatic rings. The quantitative estimate of drug-likeness (QED) is 0.309. The lowest BCUT2D eigenvalue weighted by Crippen LogP contribution is -2.24. The van der Waals surface area contributed by atoms with Crippen molar-refractivity contribution < 1.29 is 14.6 Å². The van der Waals surface area contributed by atoms with E-state index in [2.05, 4.69) is 35.3 Å². The normalized spacial score (nSPS) is 14.7. The van der Waals surface area contributed by atoms with Gasteiger partial charge < -0.3 is 24.9 Å². The number of aromatic nitrogens is 6. The summed E-state index contributed by atoms with van der Waals surface area (Å²) >= 11 is 0. The topological polar surface area (TPSA) is 155 Å². The van der Waals surface area contributed by atoms with Gasteiger partial charge in [-0.15, -0.1) is 0 Å². The summed E-state index contributed by atoms with van der Waals surface area (Å²) in [6, 6.07) is 5.79. The van der Waals surface area contributed by atoms with Gasteiger partial charge in [0, 0.05) is 23.4 Å². The van der Waals surface area contributed by atoms with Crippen LogP contribution in [0.2, 0.25) is 0 Å². The van der Waals surface area contributed by atoms with E-state index in [0.29, 0.717) is 40.5 Å². The lowest BCUT2D eigenvalue weighted by molar-refractivity contribution is 0.391. The third-order valence-electron chi connectivity index (χ3n) is 5.19. The number of hydrogen-bond donors (Lipinski definition) is 4. The lowest BCUT2D eigenvalue weighted by atomic mass is 10.2. The van der Waals surface area contributed by atoms with Crippen LogP contribution in [0.25, 0.3) is 11.7 Å². The number of nitrogens with one attached hydrogen (secondary N) is 3. The molecular formula is C21H22N8O4. The maximum Gasteiger partial charge on any atom is 0.326 e. The third kappa shape index (κ3) is 4.22. The summed E-state index contributed by atoms with van der Waals surface area (Å²) in [5.41, 5.74) is 1.53. The van der Waals surface area contributed by atoms with E-state index in [1.165, 1.54) is 0 Å². The van der Waals surface area contributed by atoms with Crippen LogP contribution >= 0.6 is 0 Å². The van der Waals surface area contributed by atoms with Crippen molar-refractivity contribution in [1.82, 2.24) is 29.5 Å². The first-order valence-electron chi connectivity index (χ1n) is 10.3. The zero-order valence-electron chi connectivity index (χ0n) is 18.0. The minimum Gasteiger partial charge on any atom is -0.497 e. The number of rotatable bonds is 7. The zero-order chi connectivity index (χ0) is 22.9. The Morgan fingerprint density at radius 2 is 2.12 bits per heavy atom. The van der Waals surface area contributed by atoms with Crippen molar-refractivity contribution in [3.63, 3.8) is 0 Å². The second kappa shape index (κ2) is 8.30. The summed E-state index contributed by atoms with van der Waals surface area (Å²) in [5, 5.41) is 18.1. The smallest absolute Gasteiger partial charge is 0.326 e. The number of methoxy groups -OCH3 is 2. The molecule has 0 aliphatic heterocycles. The molecule has 1 saturated carbocycles. The first-order valence-corrected chi connectivity index (χ1v) is 10.3. The van der Waals surface area contributed by atoms with E-state index in [4.69, 9.17) is 9.47 Å². The van der Waals surface area contributed by atoms with E-state index in [1.807, 2.05) is 18.2 Å². The van der Waals surface area contributed by atoms with Crippen LogP contribution in [0.4, 0.5) is 5.95 Å². The molecule has 170 valence electrons. The van der Waals surface area contributed by atoms with Gasteiger partial charge in [0.25, 0.3) is 5.62 Å². The minimum atomic E-state index is -0.509. The number of hydrogen-bond acceptors (Lipinski definition) is 9. The number of ether oxygens (including phenoxy) is 2. The highest BCUT2D eigenvalue weighted by Gasteiger charge is 2.21. The molecule has 0 spiro atoms. The van der Waals surface area contributed by atoms with Crippen LogP contribution in [0.3, 0.4) is 0 Å². The number of benzene rings is 1. The molecule has 0 unspecified atom stereocenters. The fraction of sp³-hybridized carbons (Fsp3) is 0.286. The van der Waals surface area contributed by atoms with Crippen LogP contribution in [0.15, 0.2) is 34.2 Å². The highest BCUT2D eigenvalue weighted by molar-refractivity contribution is 5.57. The van der Waals surface area contributed by atoms with Gasteiger partial charge >= 0.3 is 5.69 Å². The number of imidazole rings is 1. The number of aromatic hydroxyl groups is 1. The molecule has 0 saturated heterocycles. The van der Waals surface area contributed by atoms with Crippen molar-refractivity contribution in [2.45, 2.75) is 25.4 Å². The Balaban J connectivity index is 1.55. The summed E-state index contributed by atoms with van der Waals surface area (Å²) in [6.45, 7) is 0.408. The Hall–Kier alpha value is -4.35. The van der Waals surface area contributed by atoms with Gasteiger partial charge in [-0.05, 0) is 31.1 Å². The average molecular weight is 450 g/mol. The molecular weight excluding hydrogens is 428 g/mol. The molecule has 1 aliphatic rings. The van der Waals surface area contributed by atoms with Gasteiger partial charge in [-0.3, -0.25) is 4.98 Å². The van der Waals surface area contributed by atoms with E-state index >= 15 is 0 Å². The van der Waals surface area contributed by atoms with E-state index in [0.717, 1.165) is 18.4 Å². The maximum atomic E-state index is 11.5. The second-order valence-corrected chi connectivity index (χ2v) is 7.56. The van der Waals surface area contributed by atoms with E-state index in [9.17, 15) is 9.90 Å². The Labute approximate surface area is 186 Å². The number of aromatic amines is 2. The van der Waals surface area contributed by atoms with E-state index in [-0.39, 0.29) is 17.6 Å². The predicted octanol–water partition coefficient (Wildman–Crippen LogP) is 0.0864. The predicted molar refractivity (Wildman–Crippen MR) is 118 cm³/mol. The number of nitrogens with zero attached hydrogens (tertiary/aromatic N) is 5. The SMILES string of the molecule is COc1ccc(CNc2nc(=NC3CC3)n3nc/c(=C/c4[nH]c(=O)[nH]c4O)c3n2)c(OC)c1. The highest BCUT2D eigenvalue weighted by Crippen LogP contribution is 2.25. The first kappa shape index (κ1) is 20.5. The Bertz CT molecular complexity index is 1500. The molecule has 0 amide bonds. The Morgan fingerprint density at radius 1 is 1.27 bits per heavy atom. The van der Waals surface area contributed by atoms with Crippen molar-refractivity contribution >= 4 is 17.7 Å². The van der Waals surface area contributed by atoms with Gasteiger partial charge in [0.1, 0.15) is 17.2 Å². The Morgan fingerprint density at radius 3 is 2.82 bits per heavy atom. The third-order valence-corrected chi connectivity index (χ3v) is 5.19. The maximum absolute atomic E-state index is 11.5. The fourth-order valence-electron chi connectivity index (χ4n) is 3.33. The molecule has 1 aromatic carbocycles. The van der Waals surface area contributed by atoms with Crippen molar-refractivity contribution in [3.05, 3.63) is 57.0 Å². The van der Waals surface area contributed by atoms with Crippen molar-refractivity contribution in [2.75, 3.05) is 19.5 Å². The monoisotopic (exact) mass is 450 g/mol. The molecule has 12 heteroatoms. The van der Waals surface area contributed by atoms with E-state index < -0.39 is 5.69 Å². The average Bonchev–Trinajstić information content (AvgIpc) is 3.45. The fourth-order valence-corrected chi connectivity index (χ4v) is 3.33. The van der Waals surface area contributed by atoms with E-state index in [1.54, 1.807) is 31.0 Å². The standard InChI is InChI=1S/C21H22N8O4/c1-32-14-6-3-11(16(8-14)33-2)9-22-19-26-17-12(7-15-18(30)27-21(31)25-15)10-23-29(17)20(28-19)24-13-4-5-13/h3,6-8,10,13,30H,4-5,9H2,1-2H3,(H,22,24,28)(H2,25,27,31)/b12-7-. The van der Waals surface area contributed by atoms with Gasteiger partial charge in [0.2, 0.25) is 11.8 Å². The van der Waals surface area contributed by atoms with Gasteiger partial charge in [-0.25, -0.2) is 9.79 Å². The number of fused-ring (bicyclic) bond motifs is 1. The van der Waals surface area contributed by atoms with Crippen LogP contribution in [-0.4, -0.2) is 54.9 Å². The number of H-pyrrole nitrogens is 2. The van der Waals surface area contributed by atoms with Crippen molar-refractivity contribution in [2.24, 2.45) is 4.99 Å². The summed E-state index contributed by atoms with van der Waals surface area (Å²) in [7, 11) is 3.20. The highest BCUT2D eigenvalue weighted by atomic mass is 16.5. The Kier molecular flexibility index (Phi) is 5.17. The molecule has 0 radical (unpaired) electrons.